The highest BCUT2D eigenvalue weighted by molar-refractivity contribution is 5.89. The predicted molar refractivity (Wildman–Crippen MR) is 108 cm³/mol. The molecule has 156 valence electrons. The first-order valence-corrected chi connectivity index (χ1v) is 10.4. The number of carboxylic acid groups (broad SMARTS) is 1. The largest absolute Gasteiger partial charge is 0.478 e. The number of aliphatic hydroxyl groups is 1. The highest BCUT2D eigenvalue weighted by Crippen LogP contribution is 2.52. The van der Waals surface area contributed by atoms with Crippen molar-refractivity contribution in [3.05, 3.63) is 34.9 Å². The van der Waals surface area contributed by atoms with E-state index >= 15 is 0 Å². The van der Waals surface area contributed by atoms with Gasteiger partial charge in [-0.05, 0) is 69.2 Å². The molecule has 5 heteroatoms. The van der Waals surface area contributed by atoms with Gasteiger partial charge in [0.1, 0.15) is 5.60 Å². The summed E-state index contributed by atoms with van der Waals surface area (Å²) in [5, 5.41) is 21.2. The highest BCUT2D eigenvalue weighted by Gasteiger charge is 2.56. The maximum absolute atomic E-state index is 11.7. The van der Waals surface area contributed by atoms with Gasteiger partial charge in [0.15, 0.2) is 5.79 Å². The number of ether oxygens (including phenoxy) is 2. The number of carbonyl (C=O) groups is 1. The molecule has 2 aliphatic carbocycles. The Labute approximate surface area is 168 Å². The molecule has 0 aromatic heterocycles. The summed E-state index contributed by atoms with van der Waals surface area (Å²) in [5.74, 6) is -1.43. The van der Waals surface area contributed by atoms with Gasteiger partial charge < -0.3 is 19.7 Å². The second-order valence-electron chi connectivity index (χ2n) is 9.33. The number of hydrogen-bond acceptors (Lipinski definition) is 4. The molecule has 3 rings (SSSR count). The van der Waals surface area contributed by atoms with E-state index in [-0.39, 0.29) is 18.1 Å². The lowest BCUT2D eigenvalue weighted by atomic mass is 9.63. The second kappa shape index (κ2) is 7.12. The van der Waals surface area contributed by atoms with E-state index in [9.17, 15) is 15.0 Å². The van der Waals surface area contributed by atoms with Crippen LogP contribution >= 0.6 is 0 Å². The molecule has 0 aromatic carbocycles. The van der Waals surface area contributed by atoms with Crippen molar-refractivity contribution in [1.82, 2.24) is 0 Å². The number of hydrogen-bond donors (Lipinski definition) is 2. The van der Waals surface area contributed by atoms with Crippen LogP contribution in [0, 0.1) is 11.3 Å². The standard InChI is InChI=1S/C23H34O5/c1-7-17-8-9-19(20(24)25)18(17)10-11-23(26)14(2)12-22(13-21(23,5)6)27-15(3)16(4)28-22/h10-12,15-17,26H,7-9,13H2,1-6H3,(H,24,25). The van der Waals surface area contributed by atoms with E-state index in [0.29, 0.717) is 18.4 Å². The first kappa shape index (κ1) is 21.3. The molecule has 1 aliphatic heterocycles. The molecule has 3 aliphatic rings. The highest BCUT2D eigenvalue weighted by atomic mass is 16.8. The predicted octanol–water partition coefficient (Wildman–Crippen LogP) is 4.37. The van der Waals surface area contributed by atoms with E-state index in [0.717, 1.165) is 24.0 Å². The quantitative estimate of drug-likeness (QED) is 0.697. The van der Waals surface area contributed by atoms with Gasteiger partial charge in [0.2, 0.25) is 0 Å². The van der Waals surface area contributed by atoms with Crippen LogP contribution < -0.4 is 0 Å². The van der Waals surface area contributed by atoms with Crippen LogP contribution in [0.25, 0.3) is 0 Å². The van der Waals surface area contributed by atoms with Crippen LogP contribution in [0.5, 0.6) is 0 Å². The minimum Gasteiger partial charge on any atom is -0.478 e. The van der Waals surface area contributed by atoms with Crippen LogP contribution in [-0.4, -0.2) is 39.8 Å². The Hall–Kier alpha value is -1.43. The molecule has 0 radical (unpaired) electrons. The van der Waals surface area contributed by atoms with Gasteiger partial charge in [-0.25, -0.2) is 4.79 Å². The fraction of sp³-hybridized carbons (Fsp3) is 0.696. The topological polar surface area (TPSA) is 76.0 Å². The van der Waals surface area contributed by atoms with E-state index < -0.39 is 22.8 Å². The van der Waals surface area contributed by atoms with Crippen molar-refractivity contribution in [2.24, 2.45) is 11.3 Å². The Morgan fingerprint density at radius 2 is 1.89 bits per heavy atom. The van der Waals surface area contributed by atoms with Crippen molar-refractivity contribution in [1.29, 1.82) is 0 Å². The molecule has 1 saturated heterocycles. The third kappa shape index (κ3) is 3.38. The van der Waals surface area contributed by atoms with Crippen LogP contribution in [0.15, 0.2) is 34.9 Å². The first-order chi connectivity index (χ1) is 12.9. The third-order valence-electron chi connectivity index (χ3n) is 6.98. The second-order valence-corrected chi connectivity index (χ2v) is 9.33. The molecule has 1 spiro atoms. The summed E-state index contributed by atoms with van der Waals surface area (Å²) in [6.07, 6.45) is 8.40. The molecule has 28 heavy (non-hydrogen) atoms. The lowest BCUT2D eigenvalue weighted by Gasteiger charge is -2.49. The zero-order valence-corrected chi connectivity index (χ0v) is 17.9. The van der Waals surface area contributed by atoms with Crippen LogP contribution in [0.4, 0.5) is 0 Å². The van der Waals surface area contributed by atoms with Crippen molar-refractivity contribution in [2.75, 3.05) is 0 Å². The molecule has 1 fully saturated rings. The average molecular weight is 391 g/mol. The number of carboxylic acids is 1. The van der Waals surface area contributed by atoms with Crippen molar-refractivity contribution >= 4 is 5.97 Å². The Morgan fingerprint density at radius 1 is 1.29 bits per heavy atom. The van der Waals surface area contributed by atoms with Crippen LogP contribution in [0.2, 0.25) is 0 Å². The molecule has 4 unspecified atom stereocenters. The first-order valence-electron chi connectivity index (χ1n) is 10.4. The summed E-state index contributed by atoms with van der Waals surface area (Å²) in [5.41, 5.74) is 0.352. The average Bonchev–Trinajstić information content (AvgIpc) is 3.11. The lowest BCUT2D eigenvalue weighted by molar-refractivity contribution is -0.183. The summed E-state index contributed by atoms with van der Waals surface area (Å²) in [4.78, 5) is 11.6. The SMILES string of the molecule is CCC1CCC(C(=O)O)=C1C=CC1(O)C(C)=CC2(CC1(C)C)OC(C)C(C)O2. The van der Waals surface area contributed by atoms with Crippen LogP contribution in [0.1, 0.15) is 67.2 Å². The summed E-state index contributed by atoms with van der Waals surface area (Å²) >= 11 is 0. The Morgan fingerprint density at radius 3 is 2.39 bits per heavy atom. The molecule has 0 aromatic rings. The normalized spacial score (nSPS) is 40.5. The van der Waals surface area contributed by atoms with Gasteiger partial charge in [0, 0.05) is 17.4 Å². The fourth-order valence-corrected chi connectivity index (χ4v) is 5.10. The minimum atomic E-state index is -1.20. The van der Waals surface area contributed by atoms with E-state index in [2.05, 4.69) is 6.92 Å². The van der Waals surface area contributed by atoms with Crippen molar-refractivity contribution in [3.63, 3.8) is 0 Å². The van der Waals surface area contributed by atoms with Crippen molar-refractivity contribution in [2.45, 2.75) is 90.8 Å². The van der Waals surface area contributed by atoms with E-state index in [4.69, 9.17) is 9.47 Å². The molecule has 0 amide bonds. The zero-order valence-electron chi connectivity index (χ0n) is 17.9. The Bertz CT molecular complexity index is 734. The maximum Gasteiger partial charge on any atom is 0.331 e. The third-order valence-corrected chi connectivity index (χ3v) is 6.98. The molecule has 0 saturated carbocycles. The summed E-state index contributed by atoms with van der Waals surface area (Å²) < 4.78 is 12.3. The van der Waals surface area contributed by atoms with Crippen LogP contribution in [0.3, 0.4) is 0 Å². The Kier molecular flexibility index (Phi) is 5.41. The molecule has 2 N–H and O–H groups in total. The van der Waals surface area contributed by atoms with Crippen molar-refractivity contribution < 1.29 is 24.5 Å². The van der Waals surface area contributed by atoms with Crippen molar-refractivity contribution in [3.8, 4) is 0 Å². The molecular formula is C23H34O5. The van der Waals surface area contributed by atoms with Gasteiger partial charge in [-0.1, -0.05) is 26.8 Å². The molecule has 1 heterocycles. The molecular weight excluding hydrogens is 356 g/mol. The van der Waals surface area contributed by atoms with E-state index in [1.54, 1.807) is 6.08 Å². The summed E-state index contributed by atoms with van der Waals surface area (Å²) in [7, 11) is 0. The monoisotopic (exact) mass is 390 g/mol. The Balaban J connectivity index is 1.98. The van der Waals surface area contributed by atoms with E-state index in [1.807, 2.05) is 46.8 Å². The maximum atomic E-state index is 11.7. The fourth-order valence-electron chi connectivity index (χ4n) is 5.10. The van der Waals surface area contributed by atoms with Gasteiger partial charge in [0.05, 0.1) is 12.2 Å². The molecule has 4 atom stereocenters. The van der Waals surface area contributed by atoms with Gasteiger partial charge in [-0.2, -0.15) is 0 Å². The zero-order chi connectivity index (χ0) is 20.9. The number of aliphatic carboxylic acids is 1. The summed E-state index contributed by atoms with van der Waals surface area (Å²) in [6.45, 7) is 12.0. The smallest absolute Gasteiger partial charge is 0.331 e. The van der Waals surface area contributed by atoms with Gasteiger partial charge in [0.25, 0.3) is 0 Å². The molecule has 5 nitrogen and oxygen atoms in total. The number of rotatable bonds is 4. The van der Waals surface area contributed by atoms with E-state index in [1.165, 1.54) is 0 Å². The molecule has 0 bridgehead atoms. The number of allylic oxidation sites excluding steroid dienone is 2. The van der Waals surface area contributed by atoms with Crippen LogP contribution in [-0.2, 0) is 14.3 Å². The minimum absolute atomic E-state index is 0.00586. The summed E-state index contributed by atoms with van der Waals surface area (Å²) in [6, 6.07) is 0. The van der Waals surface area contributed by atoms with Gasteiger partial charge in [-0.15, -0.1) is 0 Å². The van der Waals surface area contributed by atoms with Gasteiger partial charge >= 0.3 is 5.97 Å². The van der Waals surface area contributed by atoms with Gasteiger partial charge in [-0.3, -0.25) is 0 Å². The lowest BCUT2D eigenvalue weighted by Crippen LogP contribution is -2.53.